The lowest BCUT2D eigenvalue weighted by Crippen LogP contribution is -2.52. The second kappa shape index (κ2) is 11.4. The third-order valence-electron chi connectivity index (χ3n) is 3.37. The molecule has 0 aromatic heterocycles. The number of ether oxygens (including phenoxy) is 2. The topological polar surface area (TPSA) is 88.7 Å². The van der Waals surface area contributed by atoms with Crippen molar-refractivity contribution in [1.29, 1.82) is 0 Å². The van der Waals surface area contributed by atoms with E-state index in [1.807, 2.05) is 0 Å². The van der Waals surface area contributed by atoms with Crippen molar-refractivity contribution in [2.24, 2.45) is 0 Å². The molecule has 12 heteroatoms. The number of hydrazine groups is 1. The summed E-state index contributed by atoms with van der Waals surface area (Å²) in [6.45, 7) is 1.15. The summed E-state index contributed by atoms with van der Waals surface area (Å²) in [6, 6.07) is 9.20. The quantitative estimate of drug-likeness (QED) is 0.399. The van der Waals surface area contributed by atoms with Gasteiger partial charge in [-0.05, 0) is 55.5 Å². The number of carbonyl (C=O) groups excluding carboxylic acids is 2. The first-order valence-corrected chi connectivity index (χ1v) is 10.2. The van der Waals surface area contributed by atoms with E-state index in [2.05, 4.69) is 16.2 Å². The maximum Gasteiger partial charge on any atom is 0.279 e. The minimum absolute atomic E-state index is 0.143. The summed E-state index contributed by atoms with van der Waals surface area (Å²) in [5, 5.41) is 3.60. The Bertz CT molecular complexity index is 961. The largest absolute Gasteiger partial charge is 0.482 e. The Morgan fingerprint density at radius 3 is 2.10 bits per heavy atom. The van der Waals surface area contributed by atoms with Gasteiger partial charge in [-0.1, -0.05) is 46.4 Å². The molecule has 2 rings (SSSR count). The fourth-order valence-corrected chi connectivity index (χ4v) is 3.05. The molecule has 0 aliphatic rings. The number of rotatable bonds is 6. The van der Waals surface area contributed by atoms with Crippen LogP contribution in [0.3, 0.4) is 0 Å². The summed E-state index contributed by atoms with van der Waals surface area (Å²) < 4.78 is 10.8. The zero-order valence-electron chi connectivity index (χ0n) is 15.3. The number of hydrogen-bond acceptors (Lipinski definition) is 5. The molecule has 0 aliphatic carbocycles. The van der Waals surface area contributed by atoms with Gasteiger partial charge >= 0.3 is 0 Å². The number of thiocarbonyl (C=S) groups is 1. The molecule has 160 valence electrons. The van der Waals surface area contributed by atoms with Crippen molar-refractivity contribution in [3.63, 3.8) is 0 Å². The molecule has 7 nitrogen and oxygen atoms in total. The van der Waals surface area contributed by atoms with Crippen LogP contribution in [0.15, 0.2) is 36.4 Å². The van der Waals surface area contributed by atoms with E-state index >= 15 is 0 Å². The Balaban J connectivity index is 1.74. The normalized spacial score (nSPS) is 11.2. The third-order valence-corrected chi connectivity index (χ3v) is 4.64. The highest BCUT2D eigenvalue weighted by atomic mass is 35.5. The molecule has 0 saturated carbocycles. The first-order chi connectivity index (χ1) is 14.2. The van der Waals surface area contributed by atoms with Crippen molar-refractivity contribution in [2.75, 3.05) is 6.61 Å². The van der Waals surface area contributed by atoms with E-state index < -0.39 is 17.9 Å². The average molecular weight is 511 g/mol. The second-order valence-corrected chi connectivity index (χ2v) is 7.79. The van der Waals surface area contributed by atoms with Crippen LogP contribution in [0.4, 0.5) is 0 Å². The summed E-state index contributed by atoms with van der Waals surface area (Å²) in [4.78, 5) is 24.0. The summed E-state index contributed by atoms with van der Waals surface area (Å²) >= 11 is 28.5. The maximum absolute atomic E-state index is 12.1. The van der Waals surface area contributed by atoms with Crippen LogP contribution >= 0.6 is 58.6 Å². The molecule has 0 aliphatic heterocycles. The number of benzene rings is 2. The van der Waals surface area contributed by atoms with Crippen LogP contribution in [0, 0.1) is 0 Å². The van der Waals surface area contributed by atoms with Gasteiger partial charge in [0.2, 0.25) is 0 Å². The van der Waals surface area contributed by atoms with Gasteiger partial charge in [0, 0.05) is 10.0 Å². The molecule has 0 bridgehead atoms. The zero-order valence-corrected chi connectivity index (χ0v) is 19.1. The summed E-state index contributed by atoms with van der Waals surface area (Å²) in [5.41, 5.74) is 4.70. The van der Waals surface area contributed by atoms with Crippen molar-refractivity contribution in [1.82, 2.24) is 16.2 Å². The van der Waals surface area contributed by atoms with E-state index in [1.165, 1.54) is 25.1 Å². The van der Waals surface area contributed by atoms with E-state index in [0.717, 1.165) is 0 Å². The number of nitrogens with one attached hydrogen (secondary N) is 3. The van der Waals surface area contributed by atoms with Crippen LogP contribution < -0.4 is 25.6 Å². The van der Waals surface area contributed by atoms with E-state index in [9.17, 15) is 9.59 Å². The molecule has 2 aromatic carbocycles. The van der Waals surface area contributed by atoms with E-state index in [4.69, 9.17) is 68.1 Å². The highest BCUT2D eigenvalue weighted by Crippen LogP contribution is 2.28. The predicted molar refractivity (Wildman–Crippen MR) is 121 cm³/mol. The standard InChI is InChI=1S/C18H15Cl4N3O4S/c1-9(29-15-5-3-11(20)7-13(15)22)17(27)24-25-18(30)23-16(26)8-28-14-4-2-10(19)6-12(14)21/h2-7,9H,8H2,1H3,(H,24,27)(H2,23,25,26,30). The van der Waals surface area contributed by atoms with E-state index in [1.54, 1.807) is 18.2 Å². The van der Waals surface area contributed by atoms with Crippen LogP contribution in [-0.4, -0.2) is 29.6 Å². The lowest BCUT2D eigenvalue weighted by molar-refractivity contribution is -0.128. The second-order valence-electron chi connectivity index (χ2n) is 5.69. The van der Waals surface area contributed by atoms with Gasteiger partial charge < -0.3 is 9.47 Å². The lowest BCUT2D eigenvalue weighted by Gasteiger charge is -2.17. The molecule has 2 aromatic rings. The third kappa shape index (κ3) is 7.70. The van der Waals surface area contributed by atoms with Crippen LogP contribution in [0.5, 0.6) is 11.5 Å². The first kappa shape index (κ1) is 24.3. The fraction of sp³-hybridized carbons (Fsp3) is 0.167. The Hall–Kier alpha value is -1.97. The van der Waals surface area contributed by atoms with Crippen molar-refractivity contribution in [3.8, 4) is 11.5 Å². The molecule has 2 amide bonds. The van der Waals surface area contributed by atoms with Gasteiger partial charge in [0.1, 0.15) is 11.5 Å². The van der Waals surface area contributed by atoms with Crippen molar-refractivity contribution in [3.05, 3.63) is 56.5 Å². The van der Waals surface area contributed by atoms with Gasteiger partial charge in [0.05, 0.1) is 10.0 Å². The van der Waals surface area contributed by atoms with Crippen LogP contribution in [-0.2, 0) is 9.59 Å². The van der Waals surface area contributed by atoms with Crippen molar-refractivity contribution >= 4 is 75.5 Å². The smallest absolute Gasteiger partial charge is 0.279 e. The molecule has 0 saturated heterocycles. The molecule has 0 radical (unpaired) electrons. The van der Waals surface area contributed by atoms with Crippen LogP contribution in [0.25, 0.3) is 0 Å². The molecule has 0 heterocycles. The SMILES string of the molecule is CC(Oc1ccc(Cl)cc1Cl)C(=O)NNC(=S)NC(=O)COc1ccc(Cl)cc1Cl. The monoisotopic (exact) mass is 509 g/mol. The lowest BCUT2D eigenvalue weighted by atomic mass is 10.3. The Kier molecular flexibility index (Phi) is 9.26. The van der Waals surface area contributed by atoms with Gasteiger partial charge in [-0.15, -0.1) is 0 Å². The predicted octanol–water partition coefficient (Wildman–Crippen LogP) is 4.17. The summed E-state index contributed by atoms with van der Waals surface area (Å²) in [5.74, 6) is -0.542. The Morgan fingerprint density at radius 2 is 1.53 bits per heavy atom. The maximum atomic E-state index is 12.1. The average Bonchev–Trinajstić information content (AvgIpc) is 2.67. The summed E-state index contributed by atoms with van der Waals surface area (Å²) in [6.07, 6.45) is -0.912. The van der Waals surface area contributed by atoms with Crippen molar-refractivity contribution < 1.29 is 19.1 Å². The number of amides is 2. The number of carbonyl (C=O) groups is 2. The van der Waals surface area contributed by atoms with Gasteiger partial charge in [-0.3, -0.25) is 25.8 Å². The molecule has 3 N–H and O–H groups in total. The number of hydrogen-bond donors (Lipinski definition) is 3. The Morgan fingerprint density at radius 1 is 0.967 bits per heavy atom. The molecular weight excluding hydrogens is 496 g/mol. The molecule has 0 fully saturated rings. The Labute approximate surface area is 197 Å². The van der Waals surface area contributed by atoms with Gasteiger partial charge in [0.25, 0.3) is 11.8 Å². The van der Waals surface area contributed by atoms with Crippen LogP contribution in [0.2, 0.25) is 20.1 Å². The molecular formula is C18H15Cl4N3O4S. The zero-order chi connectivity index (χ0) is 22.3. The minimum atomic E-state index is -0.912. The fourth-order valence-electron chi connectivity index (χ4n) is 1.96. The highest BCUT2D eigenvalue weighted by Gasteiger charge is 2.17. The van der Waals surface area contributed by atoms with Crippen molar-refractivity contribution in [2.45, 2.75) is 13.0 Å². The van der Waals surface area contributed by atoms with Gasteiger partial charge in [-0.25, -0.2) is 0 Å². The number of halogens is 4. The van der Waals surface area contributed by atoms with Gasteiger partial charge in [0.15, 0.2) is 17.8 Å². The molecule has 1 unspecified atom stereocenters. The van der Waals surface area contributed by atoms with Gasteiger partial charge in [-0.2, -0.15) is 0 Å². The van der Waals surface area contributed by atoms with E-state index in [0.29, 0.717) is 10.0 Å². The molecule has 0 spiro atoms. The molecule has 1 atom stereocenters. The van der Waals surface area contributed by atoms with Crippen LogP contribution in [0.1, 0.15) is 6.92 Å². The first-order valence-electron chi connectivity index (χ1n) is 8.25. The summed E-state index contributed by atoms with van der Waals surface area (Å²) in [7, 11) is 0. The van der Waals surface area contributed by atoms with E-state index in [-0.39, 0.29) is 33.3 Å². The highest BCUT2D eigenvalue weighted by molar-refractivity contribution is 7.80. The minimum Gasteiger partial charge on any atom is -0.482 e. The molecule has 30 heavy (non-hydrogen) atoms.